The topological polar surface area (TPSA) is 12.0 Å². The van der Waals surface area contributed by atoms with E-state index in [0.29, 0.717) is 5.02 Å². The van der Waals surface area contributed by atoms with Gasteiger partial charge >= 0.3 is 0 Å². The highest BCUT2D eigenvalue weighted by Gasteiger charge is 2.18. The Balaban J connectivity index is 2.53. The number of benzene rings is 2. The third-order valence-corrected chi connectivity index (χ3v) is 3.77. The molecule has 106 valence electrons. The Kier molecular flexibility index (Phi) is 5.16. The number of hydrogen-bond donors (Lipinski definition) is 1. The van der Waals surface area contributed by atoms with E-state index in [-0.39, 0.29) is 11.9 Å². The Hall–Kier alpha value is -1.38. The van der Waals surface area contributed by atoms with Gasteiger partial charge in [0.25, 0.3) is 0 Å². The molecule has 3 heteroatoms. The van der Waals surface area contributed by atoms with Crippen LogP contribution in [0.1, 0.15) is 36.6 Å². The molecule has 1 N–H and O–H groups in total. The van der Waals surface area contributed by atoms with Crippen LogP contribution in [0.4, 0.5) is 4.39 Å². The van der Waals surface area contributed by atoms with Crippen LogP contribution in [-0.4, -0.2) is 6.54 Å². The second-order valence-electron chi connectivity index (χ2n) is 4.71. The van der Waals surface area contributed by atoms with Crippen LogP contribution >= 0.6 is 11.6 Å². The second-order valence-corrected chi connectivity index (χ2v) is 5.12. The van der Waals surface area contributed by atoms with Crippen molar-refractivity contribution in [2.24, 2.45) is 0 Å². The van der Waals surface area contributed by atoms with E-state index >= 15 is 0 Å². The van der Waals surface area contributed by atoms with Crippen LogP contribution in [-0.2, 0) is 6.42 Å². The van der Waals surface area contributed by atoms with Gasteiger partial charge in [0.2, 0.25) is 0 Å². The second kappa shape index (κ2) is 6.87. The lowest BCUT2D eigenvalue weighted by molar-refractivity contribution is 0.601. The zero-order chi connectivity index (χ0) is 14.5. The Morgan fingerprint density at radius 2 is 1.85 bits per heavy atom. The highest BCUT2D eigenvalue weighted by Crippen LogP contribution is 2.31. The zero-order valence-electron chi connectivity index (χ0n) is 11.8. The molecule has 0 spiro atoms. The van der Waals surface area contributed by atoms with E-state index in [0.717, 1.165) is 24.1 Å². The number of rotatable bonds is 5. The predicted octanol–water partition coefficient (Wildman–Crippen LogP) is 4.74. The summed E-state index contributed by atoms with van der Waals surface area (Å²) in [4.78, 5) is 0. The predicted molar refractivity (Wildman–Crippen MR) is 82.7 cm³/mol. The van der Waals surface area contributed by atoms with Gasteiger partial charge in [-0.3, -0.25) is 0 Å². The molecule has 1 atom stereocenters. The summed E-state index contributed by atoms with van der Waals surface area (Å²) in [5.74, 6) is -0.263. The van der Waals surface area contributed by atoms with Crippen molar-refractivity contribution in [3.05, 3.63) is 70.0 Å². The largest absolute Gasteiger partial charge is 0.306 e. The SMILES string of the molecule is CCNC(c1cc(F)ccc1Cl)c1ccccc1CC. The van der Waals surface area contributed by atoms with Crippen molar-refractivity contribution in [3.8, 4) is 0 Å². The minimum Gasteiger partial charge on any atom is -0.306 e. The molecule has 2 aromatic rings. The van der Waals surface area contributed by atoms with Gasteiger partial charge in [-0.05, 0) is 47.9 Å². The molecular formula is C17H19ClFN. The van der Waals surface area contributed by atoms with Gasteiger partial charge in [0.05, 0.1) is 6.04 Å². The van der Waals surface area contributed by atoms with E-state index in [9.17, 15) is 4.39 Å². The number of hydrogen-bond acceptors (Lipinski definition) is 1. The van der Waals surface area contributed by atoms with E-state index in [1.165, 1.54) is 17.7 Å². The first-order chi connectivity index (χ1) is 9.67. The van der Waals surface area contributed by atoms with E-state index in [2.05, 4.69) is 24.4 Å². The molecule has 0 aromatic heterocycles. The highest BCUT2D eigenvalue weighted by molar-refractivity contribution is 6.31. The van der Waals surface area contributed by atoms with Gasteiger partial charge in [0, 0.05) is 5.02 Å². The van der Waals surface area contributed by atoms with E-state index in [4.69, 9.17) is 11.6 Å². The van der Waals surface area contributed by atoms with E-state index in [1.54, 1.807) is 6.07 Å². The average Bonchev–Trinajstić information content (AvgIpc) is 2.47. The Morgan fingerprint density at radius 1 is 1.10 bits per heavy atom. The molecule has 0 aliphatic carbocycles. The molecule has 20 heavy (non-hydrogen) atoms. The third kappa shape index (κ3) is 3.20. The Bertz CT molecular complexity index is 583. The Morgan fingerprint density at radius 3 is 2.55 bits per heavy atom. The molecular weight excluding hydrogens is 273 g/mol. The number of nitrogens with one attached hydrogen (secondary N) is 1. The summed E-state index contributed by atoms with van der Waals surface area (Å²) >= 11 is 6.27. The van der Waals surface area contributed by atoms with Crippen LogP contribution in [0, 0.1) is 5.82 Å². The minimum absolute atomic E-state index is 0.0839. The molecule has 2 aromatic carbocycles. The molecule has 0 fully saturated rings. The molecule has 2 rings (SSSR count). The van der Waals surface area contributed by atoms with Gasteiger partial charge in [0.15, 0.2) is 0 Å². The van der Waals surface area contributed by atoms with Gasteiger partial charge in [-0.1, -0.05) is 49.7 Å². The van der Waals surface area contributed by atoms with Crippen molar-refractivity contribution >= 4 is 11.6 Å². The number of aryl methyl sites for hydroxylation is 1. The van der Waals surface area contributed by atoms with Crippen LogP contribution in [0.5, 0.6) is 0 Å². The van der Waals surface area contributed by atoms with Gasteiger partial charge in [-0.15, -0.1) is 0 Å². The first-order valence-corrected chi connectivity index (χ1v) is 7.31. The van der Waals surface area contributed by atoms with Crippen molar-refractivity contribution in [2.45, 2.75) is 26.3 Å². The maximum atomic E-state index is 13.6. The highest BCUT2D eigenvalue weighted by atomic mass is 35.5. The van der Waals surface area contributed by atoms with Crippen LogP contribution in [0.25, 0.3) is 0 Å². The van der Waals surface area contributed by atoms with Crippen LogP contribution < -0.4 is 5.32 Å². The Labute approximate surface area is 124 Å². The summed E-state index contributed by atoms with van der Waals surface area (Å²) in [6.45, 7) is 4.94. The first kappa shape index (κ1) is 15.0. The fraction of sp³-hybridized carbons (Fsp3) is 0.294. The summed E-state index contributed by atoms with van der Waals surface area (Å²) in [5, 5.41) is 3.99. The molecule has 0 aliphatic heterocycles. The standard InChI is InChI=1S/C17H19ClFN/c1-3-12-7-5-6-8-14(12)17(20-4-2)15-11-13(19)9-10-16(15)18/h5-11,17,20H,3-4H2,1-2H3. The summed E-state index contributed by atoms with van der Waals surface area (Å²) < 4.78 is 13.6. The third-order valence-electron chi connectivity index (χ3n) is 3.42. The van der Waals surface area contributed by atoms with E-state index < -0.39 is 0 Å². The van der Waals surface area contributed by atoms with Gasteiger partial charge < -0.3 is 5.32 Å². The van der Waals surface area contributed by atoms with Crippen molar-refractivity contribution < 1.29 is 4.39 Å². The molecule has 0 saturated carbocycles. The van der Waals surface area contributed by atoms with Crippen molar-refractivity contribution in [1.82, 2.24) is 5.32 Å². The molecule has 0 aliphatic rings. The summed E-state index contributed by atoms with van der Waals surface area (Å²) in [7, 11) is 0. The summed E-state index contributed by atoms with van der Waals surface area (Å²) in [6, 6.07) is 12.7. The average molecular weight is 292 g/mol. The fourth-order valence-electron chi connectivity index (χ4n) is 2.47. The smallest absolute Gasteiger partial charge is 0.123 e. The normalized spacial score (nSPS) is 12.4. The van der Waals surface area contributed by atoms with Crippen molar-refractivity contribution in [2.75, 3.05) is 6.54 Å². The minimum atomic E-state index is -0.263. The molecule has 0 amide bonds. The molecule has 0 saturated heterocycles. The molecule has 0 bridgehead atoms. The lowest BCUT2D eigenvalue weighted by Gasteiger charge is -2.22. The lowest BCUT2D eigenvalue weighted by atomic mass is 9.93. The first-order valence-electron chi connectivity index (χ1n) is 6.93. The van der Waals surface area contributed by atoms with Crippen LogP contribution in [0.3, 0.4) is 0 Å². The number of halogens is 2. The summed E-state index contributed by atoms with van der Waals surface area (Å²) in [6.07, 6.45) is 0.936. The quantitative estimate of drug-likeness (QED) is 0.839. The lowest BCUT2D eigenvalue weighted by Crippen LogP contribution is -2.23. The van der Waals surface area contributed by atoms with E-state index in [1.807, 2.05) is 19.1 Å². The van der Waals surface area contributed by atoms with Gasteiger partial charge in [-0.25, -0.2) is 4.39 Å². The molecule has 1 nitrogen and oxygen atoms in total. The van der Waals surface area contributed by atoms with Crippen molar-refractivity contribution in [3.63, 3.8) is 0 Å². The van der Waals surface area contributed by atoms with Crippen molar-refractivity contribution in [1.29, 1.82) is 0 Å². The monoisotopic (exact) mass is 291 g/mol. The fourth-order valence-corrected chi connectivity index (χ4v) is 2.69. The molecule has 0 radical (unpaired) electrons. The van der Waals surface area contributed by atoms with Gasteiger partial charge in [0.1, 0.15) is 5.82 Å². The maximum Gasteiger partial charge on any atom is 0.123 e. The molecule has 0 heterocycles. The summed E-state index contributed by atoms with van der Waals surface area (Å²) in [5.41, 5.74) is 3.19. The van der Waals surface area contributed by atoms with Crippen LogP contribution in [0.2, 0.25) is 5.02 Å². The zero-order valence-corrected chi connectivity index (χ0v) is 12.5. The van der Waals surface area contributed by atoms with Gasteiger partial charge in [-0.2, -0.15) is 0 Å². The maximum absolute atomic E-state index is 13.6. The van der Waals surface area contributed by atoms with Crippen LogP contribution in [0.15, 0.2) is 42.5 Å². The molecule has 1 unspecified atom stereocenters.